The van der Waals surface area contributed by atoms with Crippen LogP contribution in [0.1, 0.15) is 49.9 Å². The molecule has 0 aliphatic heterocycles. The SMILES string of the molecule is CC1(C)c2ccc(-c3ccc4c(c3)C(C)(C)c3c-4ccc4oc5cc6ccccc6cc5c34)cc2-c2ccc(-c3c4ccccc4c(-c4cccc5ccccc45)c4ccccc34)cc21. The molecule has 0 amide bonds. The smallest absolute Gasteiger partial charge is 0.136 e. The Morgan fingerprint density at radius 1 is 0.308 bits per heavy atom. The molecule has 0 fully saturated rings. The van der Waals surface area contributed by atoms with E-state index in [4.69, 9.17) is 4.42 Å². The molecule has 11 aromatic carbocycles. The van der Waals surface area contributed by atoms with Gasteiger partial charge in [0.2, 0.25) is 0 Å². The third-order valence-electron chi connectivity index (χ3n) is 15.4. The maximum atomic E-state index is 6.56. The van der Waals surface area contributed by atoms with Gasteiger partial charge in [-0.15, -0.1) is 0 Å². The first kappa shape index (κ1) is 36.7. The summed E-state index contributed by atoms with van der Waals surface area (Å²) in [5, 5.41) is 12.5. The lowest BCUT2D eigenvalue weighted by molar-refractivity contribution is 0.657. The van der Waals surface area contributed by atoms with Gasteiger partial charge in [-0.2, -0.15) is 0 Å². The van der Waals surface area contributed by atoms with Crippen LogP contribution in [0.5, 0.6) is 0 Å². The Bertz CT molecular complexity index is 4000. The number of furan rings is 1. The first-order valence-corrected chi connectivity index (χ1v) is 23.0. The molecule has 0 radical (unpaired) electrons. The van der Waals surface area contributed by atoms with Crippen molar-refractivity contribution in [1.29, 1.82) is 0 Å². The normalized spacial score (nSPS) is 14.4. The van der Waals surface area contributed by atoms with E-state index in [0.29, 0.717) is 0 Å². The summed E-state index contributed by atoms with van der Waals surface area (Å²) in [6.07, 6.45) is 0. The molecule has 2 aliphatic rings. The third kappa shape index (κ3) is 4.99. The molecule has 0 atom stereocenters. The molecule has 0 saturated heterocycles. The van der Waals surface area contributed by atoms with Gasteiger partial charge in [-0.25, -0.2) is 0 Å². The van der Waals surface area contributed by atoms with Crippen LogP contribution in [0.3, 0.4) is 0 Å². The molecule has 0 spiro atoms. The van der Waals surface area contributed by atoms with Gasteiger partial charge in [-0.3, -0.25) is 0 Å². The Balaban J connectivity index is 0.889. The topological polar surface area (TPSA) is 13.1 Å². The Hall–Kier alpha value is -7.74. The van der Waals surface area contributed by atoms with Crippen LogP contribution < -0.4 is 0 Å². The number of hydrogen-bond donors (Lipinski definition) is 0. The summed E-state index contributed by atoms with van der Waals surface area (Å²) in [6.45, 7) is 9.59. The summed E-state index contributed by atoms with van der Waals surface area (Å²) in [5.74, 6) is 0. The van der Waals surface area contributed by atoms with E-state index in [1.165, 1.54) is 132 Å². The molecule has 0 N–H and O–H groups in total. The first-order chi connectivity index (χ1) is 31.7. The largest absolute Gasteiger partial charge is 0.456 e. The Kier molecular flexibility index (Phi) is 7.30. The average molecular weight is 829 g/mol. The first-order valence-electron chi connectivity index (χ1n) is 23.0. The van der Waals surface area contributed by atoms with Gasteiger partial charge in [0.15, 0.2) is 0 Å². The van der Waals surface area contributed by atoms with Crippen molar-refractivity contribution in [2.45, 2.75) is 38.5 Å². The molecule has 14 rings (SSSR count). The highest BCUT2D eigenvalue weighted by Crippen LogP contribution is 2.56. The number of benzene rings is 11. The summed E-state index contributed by atoms with van der Waals surface area (Å²) in [7, 11) is 0. The molecular formula is C64H44O. The zero-order valence-electron chi connectivity index (χ0n) is 36.9. The minimum absolute atomic E-state index is 0.167. The monoisotopic (exact) mass is 828 g/mol. The van der Waals surface area contributed by atoms with Crippen LogP contribution in [0.25, 0.3) is 121 Å². The van der Waals surface area contributed by atoms with Crippen LogP contribution >= 0.6 is 0 Å². The maximum Gasteiger partial charge on any atom is 0.136 e. The lowest BCUT2D eigenvalue weighted by Crippen LogP contribution is -2.15. The summed E-state index contributed by atoms with van der Waals surface area (Å²) < 4.78 is 6.56. The van der Waals surface area contributed by atoms with Crippen molar-refractivity contribution < 1.29 is 4.42 Å². The predicted molar refractivity (Wildman–Crippen MR) is 275 cm³/mol. The maximum absolute atomic E-state index is 6.56. The van der Waals surface area contributed by atoms with E-state index in [2.05, 4.69) is 222 Å². The molecule has 0 unspecified atom stereocenters. The van der Waals surface area contributed by atoms with E-state index >= 15 is 0 Å². The van der Waals surface area contributed by atoms with Crippen LogP contribution in [-0.4, -0.2) is 0 Å². The molecular weight excluding hydrogens is 785 g/mol. The van der Waals surface area contributed by atoms with Gasteiger partial charge in [-0.05, 0) is 157 Å². The highest BCUT2D eigenvalue weighted by atomic mass is 16.3. The van der Waals surface area contributed by atoms with E-state index in [1.807, 2.05) is 0 Å². The number of hydrogen-bond acceptors (Lipinski definition) is 1. The minimum atomic E-state index is -0.216. The van der Waals surface area contributed by atoms with Gasteiger partial charge in [0, 0.05) is 21.6 Å². The van der Waals surface area contributed by atoms with E-state index < -0.39 is 0 Å². The molecule has 12 aromatic rings. The van der Waals surface area contributed by atoms with Crippen molar-refractivity contribution in [2.75, 3.05) is 0 Å². The Labute approximate surface area is 378 Å². The molecule has 306 valence electrons. The lowest BCUT2D eigenvalue weighted by atomic mass is 9.79. The quantitative estimate of drug-likeness (QED) is 0.162. The second kappa shape index (κ2) is 12.9. The van der Waals surface area contributed by atoms with Gasteiger partial charge in [0.05, 0.1) is 0 Å². The molecule has 1 nitrogen and oxygen atoms in total. The van der Waals surface area contributed by atoms with Crippen molar-refractivity contribution in [3.05, 3.63) is 216 Å². The fourth-order valence-electron chi connectivity index (χ4n) is 12.3. The van der Waals surface area contributed by atoms with Gasteiger partial charge < -0.3 is 4.42 Å². The summed E-state index contributed by atoms with van der Waals surface area (Å²) in [5.41, 5.74) is 19.9. The van der Waals surface area contributed by atoms with Crippen molar-refractivity contribution in [1.82, 2.24) is 0 Å². The van der Waals surface area contributed by atoms with Crippen molar-refractivity contribution in [3.8, 4) is 55.6 Å². The molecule has 65 heavy (non-hydrogen) atoms. The van der Waals surface area contributed by atoms with E-state index in [-0.39, 0.29) is 10.8 Å². The van der Waals surface area contributed by atoms with Crippen LogP contribution in [-0.2, 0) is 10.8 Å². The van der Waals surface area contributed by atoms with Gasteiger partial charge >= 0.3 is 0 Å². The third-order valence-corrected chi connectivity index (χ3v) is 15.4. The highest BCUT2D eigenvalue weighted by Gasteiger charge is 2.39. The highest BCUT2D eigenvalue weighted by molar-refractivity contribution is 6.23. The molecule has 1 aromatic heterocycles. The Morgan fingerprint density at radius 3 is 1.58 bits per heavy atom. The summed E-state index contributed by atoms with van der Waals surface area (Å²) >= 11 is 0. The predicted octanol–water partition coefficient (Wildman–Crippen LogP) is 17.8. The van der Waals surface area contributed by atoms with E-state index in [9.17, 15) is 0 Å². The number of rotatable bonds is 3. The second-order valence-corrected chi connectivity index (χ2v) is 19.6. The van der Waals surface area contributed by atoms with Crippen molar-refractivity contribution in [2.24, 2.45) is 0 Å². The molecule has 1 heterocycles. The van der Waals surface area contributed by atoms with Crippen LogP contribution in [0.2, 0.25) is 0 Å². The van der Waals surface area contributed by atoms with E-state index in [1.54, 1.807) is 0 Å². The molecule has 1 heteroatoms. The summed E-state index contributed by atoms with van der Waals surface area (Å²) in [4.78, 5) is 0. The van der Waals surface area contributed by atoms with Crippen molar-refractivity contribution in [3.63, 3.8) is 0 Å². The minimum Gasteiger partial charge on any atom is -0.456 e. The fraction of sp³-hybridized carbons (Fsp3) is 0.0938. The van der Waals surface area contributed by atoms with Crippen LogP contribution in [0, 0.1) is 0 Å². The standard InChI is InChI=1S/C64H44O/c1-63(2)54-30-26-40(41-24-27-44-51-29-31-57-61(62(51)64(3,4)56(44)34-41)53-33-38-15-5-6-16-39(38)36-58(53)65-57)32-52(54)45-28-25-42(35-55(45)63)59-47-19-9-11-21-49(47)60(50-22-12-10-20-48(50)59)46-23-13-17-37-14-7-8-18-43(37)46/h5-36H,1-4H3. The van der Waals surface area contributed by atoms with Gasteiger partial charge in [0.25, 0.3) is 0 Å². The summed E-state index contributed by atoms with van der Waals surface area (Å²) in [6, 6.07) is 72.7. The molecule has 0 saturated carbocycles. The zero-order valence-corrected chi connectivity index (χ0v) is 36.9. The zero-order chi connectivity index (χ0) is 43.3. The average Bonchev–Trinajstić information content (AvgIpc) is 3.90. The Morgan fingerprint density at radius 2 is 0.846 bits per heavy atom. The lowest BCUT2D eigenvalue weighted by Gasteiger charge is -2.24. The number of fused-ring (bicyclic) bond motifs is 14. The fourth-order valence-corrected chi connectivity index (χ4v) is 12.3. The van der Waals surface area contributed by atoms with Crippen molar-refractivity contribution >= 4 is 65.0 Å². The van der Waals surface area contributed by atoms with Gasteiger partial charge in [0.1, 0.15) is 11.2 Å². The van der Waals surface area contributed by atoms with Crippen LogP contribution in [0.4, 0.5) is 0 Å². The molecule has 0 bridgehead atoms. The van der Waals surface area contributed by atoms with E-state index in [0.717, 1.165) is 11.2 Å². The second-order valence-electron chi connectivity index (χ2n) is 19.6. The van der Waals surface area contributed by atoms with Crippen LogP contribution in [0.15, 0.2) is 199 Å². The molecule has 2 aliphatic carbocycles. The van der Waals surface area contributed by atoms with Gasteiger partial charge in [-0.1, -0.05) is 185 Å².